The zero-order valence-electron chi connectivity index (χ0n) is 16.9. The van der Waals surface area contributed by atoms with E-state index in [1.807, 2.05) is 36.4 Å². The molecule has 5 rings (SSSR count). The highest BCUT2D eigenvalue weighted by Gasteiger charge is 2.48. The van der Waals surface area contributed by atoms with Crippen LogP contribution in [-0.2, 0) is 14.3 Å². The Bertz CT molecular complexity index is 793. The van der Waals surface area contributed by atoms with Gasteiger partial charge < -0.3 is 4.74 Å². The number of hydrogen-bond donors (Lipinski definition) is 0. The Morgan fingerprint density at radius 2 is 1.76 bits per heavy atom. The van der Waals surface area contributed by atoms with E-state index in [1.54, 1.807) is 6.08 Å². The second-order valence-electron chi connectivity index (χ2n) is 9.20. The van der Waals surface area contributed by atoms with E-state index in [4.69, 9.17) is 4.74 Å². The van der Waals surface area contributed by atoms with Gasteiger partial charge in [-0.1, -0.05) is 30.3 Å². The Morgan fingerprint density at radius 3 is 2.59 bits per heavy atom. The topological polar surface area (TPSA) is 49.9 Å². The van der Waals surface area contributed by atoms with Gasteiger partial charge in [0.1, 0.15) is 11.9 Å². The minimum absolute atomic E-state index is 0.0152. The SMILES string of the molecule is O=C1CCN2CC3CC(CN4CCC(OC(=O)/C=C/c5ccccc5)CC34)C2C1. The number of carbonyl (C=O) groups is 2. The first-order valence-electron chi connectivity index (χ1n) is 11.1. The fourth-order valence-corrected chi connectivity index (χ4v) is 6.06. The summed E-state index contributed by atoms with van der Waals surface area (Å²) in [4.78, 5) is 29.5. The average molecular weight is 395 g/mol. The van der Waals surface area contributed by atoms with Gasteiger partial charge in [0.25, 0.3) is 0 Å². The molecule has 4 heterocycles. The van der Waals surface area contributed by atoms with Crippen LogP contribution in [0.15, 0.2) is 36.4 Å². The smallest absolute Gasteiger partial charge is 0.331 e. The van der Waals surface area contributed by atoms with Gasteiger partial charge >= 0.3 is 5.97 Å². The molecule has 2 bridgehead atoms. The van der Waals surface area contributed by atoms with Crippen LogP contribution in [0.3, 0.4) is 0 Å². The molecule has 0 aliphatic carbocycles. The highest BCUT2D eigenvalue weighted by atomic mass is 16.5. The molecule has 1 aromatic rings. The molecular weight excluding hydrogens is 364 g/mol. The fourth-order valence-electron chi connectivity index (χ4n) is 6.06. The second-order valence-corrected chi connectivity index (χ2v) is 9.20. The Balaban J connectivity index is 1.19. The van der Waals surface area contributed by atoms with Crippen LogP contribution in [0.4, 0.5) is 0 Å². The van der Waals surface area contributed by atoms with Gasteiger partial charge in [0.15, 0.2) is 0 Å². The molecule has 0 saturated carbocycles. The standard InChI is InChI=1S/C24H30N2O3/c27-20-8-10-25-16-19-12-18(22(25)13-20)15-26-11-9-21(14-23(19)26)29-24(28)7-6-17-4-2-1-3-5-17/h1-7,18-19,21-23H,8-16H2/b7-6+. The molecule has 1 aromatic carbocycles. The Hall–Kier alpha value is -1.98. The van der Waals surface area contributed by atoms with E-state index in [-0.39, 0.29) is 12.1 Å². The van der Waals surface area contributed by atoms with E-state index >= 15 is 0 Å². The van der Waals surface area contributed by atoms with Crippen LogP contribution in [0, 0.1) is 11.8 Å². The molecule has 154 valence electrons. The summed E-state index contributed by atoms with van der Waals surface area (Å²) in [6.45, 7) is 4.14. The summed E-state index contributed by atoms with van der Waals surface area (Å²) in [5.41, 5.74) is 1.01. The molecule has 4 saturated heterocycles. The Labute approximate surface area is 172 Å². The molecule has 4 fully saturated rings. The molecule has 0 amide bonds. The molecule has 0 radical (unpaired) electrons. The highest BCUT2D eigenvalue weighted by molar-refractivity contribution is 5.87. The quantitative estimate of drug-likeness (QED) is 0.583. The summed E-state index contributed by atoms with van der Waals surface area (Å²) in [5.74, 6) is 1.47. The molecule has 0 N–H and O–H groups in total. The first-order valence-corrected chi connectivity index (χ1v) is 11.1. The van der Waals surface area contributed by atoms with Crippen molar-refractivity contribution in [1.29, 1.82) is 0 Å². The Morgan fingerprint density at radius 1 is 1.00 bits per heavy atom. The third kappa shape index (κ3) is 4.03. The molecule has 4 aliphatic rings. The van der Waals surface area contributed by atoms with Crippen molar-refractivity contribution in [2.24, 2.45) is 11.8 Å². The van der Waals surface area contributed by atoms with Crippen molar-refractivity contribution >= 4 is 17.8 Å². The van der Waals surface area contributed by atoms with Crippen LogP contribution in [0.25, 0.3) is 6.08 Å². The van der Waals surface area contributed by atoms with E-state index < -0.39 is 0 Å². The number of Topliss-reactive ketones (excluding diaryl/α,β-unsaturated/α-hetero) is 1. The number of nitrogens with zero attached hydrogens (tertiary/aromatic N) is 2. The lowest BCUT2D eigenvalue weighted by Gasteiger charge is -2.57. The summed E-state index contributed by atoms with van der Waals surface area (Å²) in [6.07, 6.45) is 7.94. The highest BCUT2D eigenvalue weighted by Crippen LogP contribution is 2.42. The molecule has 0 aromatic heterocycles. The molecule has 5 nitrogen and oxygen atoms in total. The zero-order valence-corrected chi connectivity index (χ0v) is 16.9. The maximum atomic E-state index is 12.3. The monoisotopic (exact) mass is 394 g/mol. The minimum atomic E-state index is -0.237. The van der Waals surface area contributed by atoms with Gasteiger partial charge in [-0.3, -0.25) is 14.6 Å². The van der Waals surface area contributed by atoms with E-state index in [9.17, 15) is 9.59 Å². The van der Waals surface area contributed by atoms with Crippen LogP contribution in [0.5, 0.6) is 0 Å². The number of benzene rings is 1. The van der Waals surface area contributed by atoms with Gasteiger partial charge in [0.05, 0.1) is 0 Å². The lowest BCUT2D eigenvalue weighted by molar-refractivity contribution is -0.150. The number of ketones is 1. The van der Waals surface area contributed by atoms with Crippen LogP contribution in [0.1, 0.15) is 37.7 Å². The molecular formula is C24H30N2O3. The second kappa shape index (κ2) is 8.04. The van der Waals surface area contributed by atoms with Gasteiger partial charge in [-0.25, -0.2) is 4.79 Å². The number of piperidine rings is 4. The predicted molar refractivity (Wildman–Crippen MR) is 111 cm³/mol. The van der Waals surface area contributed by atoms with Gasteiger partial charge in [-0.05, 0) is 36.3 Å². The van der Waals surface area contributed by atoms with Crippen molar-refractivity contribution in [2.45, 2.75) is 50.3 Å². The zero-order chi connectivity index (χ0) is 19.8. The third-order valence-electron chi connectivity index (χ3n) is 7.42. The normalized spacial score (nSPS) is 35.2. The van der Waals surface area contributed by atoms with E-state index in [2.05, 4.69) is 9.80 Å². The molecule has 29 heavy (non-hydrogen) atoms. The van der Waals surface area contributed by atoms with Crippen molar-refractivity contribution in [3.05, 3.63) is 42.0 Å². The number of carbonyl (C=O) groups excluding carboxylic acids is 2. The van der Waals surface area contributed by atoms with Crippen molar-refractivity contribution in [1.82, 2.24) is 9.80 Å². The van der Waals surface area contributed by atoms with E-state index in [0.717, 1.165) is 57.4 Å². The predicted octanol–water partition coefficient (Wildman–Crippen LogP) is 2.76. The third-order valence-corrected chi connectivity index (χ3v) is 7.42. The van der Waals surface area contributed by atoms with E-state index in [0.29, 0.717) is 29.7 Å². The summed E-state index contributed by atoms with van der Waals surface area (Å²) in [7, 11) is 0. The van der Waals surface area contributed by atoms with Crippen LogP contribution < -0.4 is 0 Å². The summed E-state index contributed by atoms with van der Waals surface area (Å²) < 4.78 is 5.81. The summed E-state index contributed by atoms with van der Waals surface area (Å²) in [5, 5.41) is 0. The number of fused-ring (bicyclic) bond motifs is 6. The maximum Gasteiger partial charge on any atom is 0.331 e. The largest absolute Gasteiger partial charge is 0.459 e. The molecule has 4 aliphatic heterocycles. The molecule has 5 heteroatoms. The molecule has 5 unspecified atom stereocenters. The van der Waals surface area contributed by atoms with Crippen molar-refractivity contribution in [3.63, 3.8) is 0 Å². The van der Waals surface area contributed by atoms with Gasteiger partial charge in [-0.2, -0.15) is 0 Å². The van der Waals surface area contributed by atoms with Gasteiger partial charge in [0, 0.05) is 63.6 Å². The summed E-state index contributed by atoms with van der Waals surface area (Å²) >= 11 is 0. The number of esters is 1. The fraction of sp³-hybridized carbons (Fsp3) is 0.583. The van der Waals surface area contributed by atoms with Crippen molar-refractivity contribution in [3.8, 4) is 0 Å². The molecule has 0 spiro atoms. The van der Waals surface area contributed by atoms with Gasteiger partial charge in [-0.15, -0.1) is 0 Å². The number of hydrogen-bond acceptors (Lipinski definition) is 5. The first-order chi connectivity index (χ1) is 14.2. The van der Waals surface area contributed by atoms with Crippen molar-refractivity contribution < 1.29 is 14.3 Å². The lowest BCUT2D eigenvalue weighted by Crippen LogP contribution is -2.65. The minimum Gasteiger partial charge on any atom is -0.459 e. The lowest BCUT2D eigenvalue weighted by atomic mass is 9.70. The maximum absolute atomic E-state index is 12.3. The van der Waals surface area contributed by atoms with E-state index in [1.165, 1.54) is 6.42 Å². The van der Waals surface area contributed by atoms with Crippen molar-refractivity contribution in [2.75, 3.05) is 26.2 Å². The first kappa shape index (κ1) is 19.0. The number of rotatable bonds is 3. The van der Waals surface area contributed by atoms with Crippen LogP contribution >= 0.6 is 0 Å². The molecule has 5 atom stereocenters. The van der Waals surface area contributed by atoms with Crippen LogP contribution in [-0.4, -0.2) is 65.9 Å². The van der Waals surface area contributed by atoms with Crippen LogP contribution in [0.2, 0.25) is 0 Å². The van der Waals surface area contributed by atoms with Gasteiger partial charge in [0.2, 0.25) is 0 Å². The Kier molecular flexibility index (Phi) is 5.27. The average Bonchev–Trinajstić information content (AvgIpc) is 2.74. The number of ether oxygens (including phenoxy) is 1. The summed E-state index contributed by atoms with van der Waals surface area (Å²) in [6, 6.07) is 10.8.